The van der Waals surface area contributed by atoms with Gasteiger partial charge in [-0.05, 0) is 0 Å². The fraction of sp³-hybridized carbons (Fsp3) is 0. The third-order valence-electron chi connectivity index (χ3n) is 3.93. The van der Waals surface area contributed by atoms with Gasteiger partial charge in [0.25, 0.3) is 0 Å². The monoisotopic (exact) mass is 625 g/mol. The van der Waals surface area contributed by atoms with Crippen molar-refractivity contribution in [2.45, 2.75) is 0 Å². The Kier molecular flexibility index (Phi) is 9.62. The maximum atomic E-state index is 9.98. The first kappa shape index (κ1) is 22.9. The number of rotatable bonds is 4. The summed E-state index contributed by atoms with van der Waals surface area (Å²) < 4.78 is 4.44. The van der Waals surface area contributed by atoms with Crippen LogP contribution >= 0.6 is 0 Å². The second kappa shape index (κ2) is 12.2. The van der Waals surface area contributed by atoms with Gasteiger partial charge in [0.05, 0.1) is 0 Å². The molecule has 0 aromatic heterocycles. The van der Waals surface area contributed by atoms with E-state index in [-0.39, 0.29) is 28.1 Å². The van der Waals surface area contributed by atoms with Crippen LogP contribution in [0.2, 0.25) is 0 Å². The van der Waals surface area contributed by atoms with E-state index < -0.39 is 19.6 Å². The van der Waals surface area contributed by atoms with Gasteiger partial charge in [0.1, 0.15) is 0 Å². The number of hydrogen-bond donors (Lipinski definition) is 0. The van der Waals surface area contributed by atoms with E-state index in [0.717, 1.165) is 0 Å². The number of non-ortho nitro benzene ring substituents is 1. The third kappa shape index (κ3) is 6.85. The fourth-order valence-electron chi connectivity index (χ4n) is 2.68. The van der Waals surface area contributed by atoms with E-state index in [0.29, 0.717) is 0 Å². The Balaban J connectivity index is 0.000000255. The summed E-state index contributed by atoms with van der Waals surface area (Å²) in [4.78, 5) is 9.50. The molecule has 0 aliphatic heterocycles. The van der Waals surface area contributed by atoms with Gasteiger partial charge in [0.2, 0.25) is 0 Å². The molecular formula is C24H19AsAuNO2. The molecule has 0 radical (unpaired) electrons. The molecule has 0 aliphatic rings. The van der Waals surface area contributed by atoms with Crippen LogP contribution in [0.5, 0.6) is 0 Å². The summed E-state index contributed by atoms with van der Waals surface area (Å²) in [5, 5.41) is 9.98. The first-order valence-corrected chi connectivity index (χ1v) is 11.6. The Morgan fingerprint density at radius 1 is 0.621 bits per heavy atom. The van der Waals surface area contributed by atoms with Crippen molar-refractivity contribution < 1.29 is 27.3 Å². The topological polar surface area (TPSA) is 43.1 Å². The summed E-state index contributed by atoms with van der Waals surface area (Å²) in [6.45, 7) is 0. The van der Waals surface area contributed by atoms with Gasteiger partial charge in [-0.15, -0.1) is 6.07 Å². The number of nitro benzene ring substituents is 1. The molecule has 0 saturated carbocycles. The SMILES string of the molecule is O=[N+]([O-])c1[c-]cccc1.[Au+].c1ccc([As](c2ccccc2)c2ccccc2)cc1. The molecule has 4 aromatic rings. The van der Waals surface area contributed by atoms with E-state index in [4.69, 9.17) is 0 Å². The summed E-state index contributed by atoms with van der Waals surface area (Å²) in [5.41, 5.74) is 0.0116. The third-order valence-corrected chi connectivity index (χ3v) is 9.06. The molecule has 0 bridgehead atoms. The average Bonchev–Trinajstić information content (AvgIpc) is 2.77. The van der Waals surface area contributed by atoms with Crippen molar-refractivity contribution >= 4 is 33.4 Å². The summed E-state index contributed by atoms with van der Waals surface area (Å²) in [6, 6.07) is 41.4. The molecular weight excluding hydrogens is 606 g/mol. The zero-order chi connectivity index (χ0) is 19.6. The van der Waals surface area contributed by atoms with Crippen LogP contribution in [0.1, 0.15) is 0 Å². The van der Waals surface area contributed by atoms with Crippen LogP contribution in [0, 0.1) is 16.2 Å². The van der Waals surface area contributed by atoms with Crippen molar-refractivity contribution in [2.75, 3.05) is 0 Å². The number of benzene rings is 4. The Labute approximate surface area is 191 Å². The van der Waals surface area contributed by atoms with Crippen molar-refractivity contribution in [3.63, 3.8) is 0 Å². The molecule has 3 nitrogen and oxygen atoms in total. The van der Waals surface area contributed by atoms with E-state index in [1.807, 2.05) is 0 Å². The normalized spacial score (nSPS) is 9.69. The van der Waals surface area contributed by atoms with Gasteiger partial charge < -0.3 is 0 Å². The van der Waals surface area contributed by atoms with Gasteiger partial charge in [-0.2, -0.15) is 18.2 Å². The van der Waals surface area contributed by atoms with Crippen LogP contribution in [0.3, 0.4) is 0 Å². The van der Waals surface area contributed by atoms with Crippen LogP contribution in [-0.4, -0.2) is 19.6 Å². The molecule has 4 aromatic carbocycles. The summed E-state index contributed by atoms with van der Waals surface area (Å²) in [6.07, 6.45) is 0. The van der Waals surface area contributed by atoms with Crippen molar-refractivity contribution in [1.29, 1.82) is 0 Å². The second-order valence-electron chi connectivity index (χ2n) is 5.85. The molecule has 0 amide bonds. The molecule has 4 rings (SSSR count). The van der Waals surface area contributed by atoms with Crippen LogP contribution in [0.4, 0.5) is 5.69 Å². The predicted molar refractivity (Wildman–Crippen MR) is 116 cm³/mol. The molecule has 0 aliphatic carbocycles. The van der Waals surface area contributed by atoms with Gasteiger partial charge in [-0.1, -0.05) is 6.07 Å². The van der Waals surface area contributed by atoms with E-state index in [1.54, 1.807) is 12.1 Å². The van der Waals surface area contributed by atoms with Gasteiger partial charge in [-0.3, -0.25) is 10.1 Å². The number of nitrogens with zero attached hydrogens (tertiary/aromatic N) is 1. The second-order valence-corrected chi connectivity index (χ2v) is 10.5. The van der Waals surface area contributed by atoms with Gasteiger partial charge in [0.15, 0.2) is 5.69 Å². The number of hydrogen-bond acceptors (Lipinski definition) is 2. The Morgan fingerprint density at radius 3 is 1.28 bits per heavy atom. The number of nitro groups is 1. The van der Waals surface area contributed by atoms with Crippen molar-refractivity contribution in [1.82, 2.24) is 0 Å². The van der Waals surface area contributed by atoms with Crippen molar-refractivity contribution in [3.8, 4) is 0 Å². The maximum absolute atomic E-state index is 9.98. The molecule has 0 fully saturated rings. The minimum absolute atomic E-state index is 0. The molecule has 29 heavy (non-hydrogen) atoms. The first-order chi connectivity index (χ1) is 13.8. The molecule has 0 N–H and O–H groups in total. The Morgan fingerprint density at radius 2 is 1.00 bits per heavy atom. The predicted octanol–water partition coefficient (Wildman–Crippen LogP) is 3.60. The standard InChI is InChI=1S/C18H15As.C6H4NO2.Au/c1-4-10-16(11-5-1)19(17-12-6-2-7-13-17)18-14-8-3-9-15-18;8-7(9)6-4-2-1-3-5-6;/h1-15H;1-4H;/q;-1;+1. The average molecular weight is 625 g/mol. The summed E-state index contributed by atoms with van der Waals surface area (Å²) in [7, 11) is 0. The zero-order valence-corrected chi connectivity index (χ0v) is 19.5. The quantitative estimate of drug-likeness (QED) is 0.151. The molecule has 0 unspecified atom stereocenters. The van der Waals surface area contributed by atoms with Gasteiger partial charge in [0, 0.05) is 4.92 Å². The Hall–Kier alpha value is -2.42. The molecule has 0 spiro atoms. The van der Waals surface area contributed by atoms with Crippen LogP contribution in [0.15, 0.2) is 115 Å². The van der Waals surface area contributed by atoms with Crippen molar-refractivity contribution in [2.24, 2.45) is 0 Å². The molecule has 5 heteroatoms. The van der Waals surface area contributed by atoms with Crippen LogP contribution in [-0.2, 0) is 22.4 Å². The zero-order valence-electron chi connectivity index (χ0n) is 15.5. The van der Waals surface area contributed by atoms with Crippen LogP contribution < -0.4 is 13.1 Å². The van der Waals surface area contributed by atoms with E-state index >= 15 is 0 Å². The van der Waals surface area contributed by atoms with Crippen molar-refractivity contribution in [3.05, 3.63) is 131 Å². The molecule has 0 heterocycles. The molecule has 0 saturated heterocycles. The summed E-state index contributed by atoms with van der Waals surface area (Å²) >= 11 is -1.39. The van der Waals surface area contributed by atoms with E-state index in [9.17, 15) is 10.1 Å². The fourth-order valence-corrected chi connectivity index (χ4v) is 7.51. The van der Waals surface area contributed by atoms with E-state index in [1.165, 1.54) is 25.2 Å². The Bertz CT molecular complexity index is 890. The van der Waals surface area contributed by atoms with Crippen LogP contribution in [0.25, 0.3) is 0 Å². The molecule has 148 valence electrons. The first-order valence-electron chi connectivity index (χ1n) is 8.82. The van der Waals surface area contributed by atoms with Gasteiger partial charge in [-0.25, -0.2) is 0 Å². The number of para-hydroxylation sites is 1. The summed E-state index contributed by atoms with van der Waals surface area (Å²) in [5.74, 6) is 0. The van der Waals surface area contributed by atoms with Gasteiger partial charge >= 0.3 is 141 Å². The minimum atomic E-state index is -1.39. The van der Waals surface area contributed by atoms with E-state index in [2.05, 4.69) is 97.1 Å². The molecule has 0 atom stereocenters.